The molecule has 0 amide bonds. The van der Waals surface area contributed by atoms with Crippen LogP contribution < -0.4 is 0 Å². The van der Waals surface area contributed by atoms with Gasteiger partial charge in [0.05, 0.1) is 6.61 Å². The monoisotopic (exact) mass is 219 g/mol. The molecule has 0 aromatic rings. The molecule has 0 aromatic heterocycles. The topological polar surface area (TPSA) is 12.5 Å². The van der Waals surface area contributed by atoms with Gasteiger partial charge in [-0.2, -0.15) is 0 Å². The van der Waals surface area contributed by atoms with Gasteiger partial charge in [0.1, 0.15) is 0 Å². The molecule has 0 bridgehead atoms. The fraction of sp³-hybridized carbons (Fsp3) is 0.818. The minimum Gasteiger partial charge on any atom is -0.383 e. The Labute approximate surface area is 92.9 Å². The third-order valence-corrected chi connectivity index (χ3v) is 2.79. The first-order chi connectivity index (χ1) is 6.65. The Kier molecular flexibility index (Phi) is 8.24. The largest absolute Gasteiger partial charge is 0.383 e. The highest BCUT2D eigenvalue weighted by Gasteiger charge is 2.12. The maximum absolute atomic E-state index is 5.72. The lowest BCUT2D eigenvalue weighted by Gasteiger charge is -2.28. The van der Waals surface area contributed by atoms with Crippen LogP contribution in [0.4, 0.5) is 0 Å². The molecule has 3 heteroatoms. The number of halogens is 1. The molecule has 0 aliphatic rings. The Balaban J connectivity index is 4.02. The van der Waals surface area contributed by atoms with E-state index in [2.05, 4.69) is 25.3 Å². The van der Waals surface area contributed by atoms with Gasteiger partial charge in [0.25, 0.3) is 0 Å². The van der Waals surface area contributed by atoms with Crippen molar-refractivity contribution in [1.29, 1.82) is 0 Å². The van der Waals surface area contributed by atoms with Gasteiger partial charge in [-0.15, -0.1) is 11.6 Å². The van der Waals surface area contributed by atoms with Crippen molar-refractivity contribution in [3.8, 4) is 0 Å². The second-order valence-corrected chi connectivity index (χ2v) is 3.87. The van der Waals surface area contributed by atoms with Crippen molar-refractivity contribution in [3.05, 3.63) is 12.2 Å². The van der Waals surface area contributed by atoms with Crippen molar-refractivity contribution in [2.24, 2.45) is 0 Å². The van der Waals surface area contributed by atoms with Crippen LogP contribution in [0.5, 0.6) is 0 Å². The van der Waals surface area contributed by atoms with E-state index in [4.69, 9.17) is 16.3 Å². The summed E-state index contributed by atoms with van der Waals surface area (Å²) in [5, 5.41) is 0. The summed E-state index contributed by atoms with van der Waals surface area (Å²) in [6.07, 6.45) is 1.14. The van der Waals surface area contributed by atoms with E-state index in [1.54, 1.807) is 7.11 Å². The molecule has 0 aliphatic heterocycles. The molecular formula is C11H22ClNO. The van der Waals surface area contributed by atoms with Crippen LogP contribution in [0.25, 0.3) is 0 Å². The maximum atomic E-state index is 5.72. The summed E-state index contributed by atoms with van der Waals surface area (Å²) in [5.41, 5.74) is 1.07. The van der Waals surface area contributed by atoms with Gasteiger partial charge in [0.15, 0.2) is 0 Å². The molecule has 2 nitrogen and oxygen atoms in total. The van der Waals surface area contributed by atoms with Gasteiger partial charge in [-0.25, -0.2) is 0 Å². The minimum atomic E-state index is 0.542. The Hall–Kier alpha value is -0.0500. The van der Waals surface area contributed by atoms with Crippen LogP contribution >= 0.6 is 11.6 Å². The maximum Gasteiger partial charge on any atom is 0.0589 e. The molecule has 0 aliphatic carbocycles. The zero-order valence-corrected chi connectivity index (χ0v) is 10.3. The predicted molar refractivity (Wildman–Crippen MR) is 63.1 cm³/mol. The number of rotatable bonds is 8. The fourth-order valence-electron chi connectivity index (χ4n) is 1.25. The summed E-state index contributed by atoms with van der Waals surface area (Å²) in [7, 11) is 1.73. The first-order valence-electron chi connectivity index (χ1n) is 5.11. The molecule has 84 valence electrons. The highest BCUT2D eigenvalue weighted by molar-refractivity contribution is 6.19. The van der Waals surface area contributed by atoms with Crippen molar-refractivity contribution < 1.29 is 4.74 Å². The van der Waals surface area contributed by atoms with E-state index in [9.17, 15) is 0 Å². The van der Waals surface area contributed by atoms with Gasteiger partial charge in [-0.3, -0.25) is 4.90 Å². The lowest BCUT2D eigenvalue weighted by Crippen LogP contribution is -2.37. The van der Waals surface area contributed by atoms with E-state index in [0.29, 0.717) is 11.9 Å². The van der Waals surface area contributed by atoms with Gasteiger partial charge in [-0.1, -0.05) is 13.5 Å². The average molecular weight is 220 g/mol. The summed E-state index contributed by atoms with van der Waals surface area (Å²) >= 11 is 5.72. The third-order valence-electron chi connectivity index (χ3n) is 2.41. The van der Waals surface area contributed by atoms with E-state index < -0.39 is 0 Å². The van der Waals surface area contributed by atoms with Crippen molar-refractivity contribution in [3.63, 3.8) is 0 Å². The Morgan fingerprint density at radius 3 is 2.64 bits per heavy atom. The van der Waals surface area contributed by atoms with Gasteiger partial charge in [-0.05, 0) is 18.9 Å². The van der Waals surface area contributed by atoms with Crippen LogP contribution in [-0.4, -0.2) is 43.6 Å². The molecule has 0 fully saturated rings. The molecule has 0 saturated heterocycles. The Morgan fingerprint density at radius 1 is 1.57 bits per heavy atom. The summed E-state index contributed by atoms with van der Waals surface area (Å²) in [6.45, 7) is 10.9. The number of alkyl halides is 1. The van der Waals surface area contributed by atoms with Crippen LogP contribution in [0, 0.1) is 0 Å². The van der Waals surface area contributed by atoms with E-state index in [1.165, 1.54) is 0 Å². The molecule has 1 unspecified atom stereocenters. The normalized spacial score (nSPS) is 13.2. The van der Waals surface area contributed by atoms with E-state index >= 15 is 0 Å². The number of ether oxygens (including phenoxy) is 1. The van der Waals surface area contributed by atoms with Crippen molar-refractivity contribution in [2.45, 2.75) is 26.3 Å². The smallest absolute Gasteiger partial charge is 0.0589 e. The molecule has 0 rings (SSSR count). The Bertz CT molecular complexity index is 161. The van der Waals surface area contributed by atoms with Crippen LogP contribution in [0.3, 0.4) is 0 Å². The molecule has 0 heterocycles. The lowest BCUT2D eigenvalue weighted by molar-refractivity contribution is 0.130. The first-order valence-corrected chi connectivity index (χ1v) is 5.64. The van der Waals surface area contributed by atoms with Crippen LogP contribution in [0.15, 0.2) is 12.2 Å². The van der Waals surface area contributed by atoms with Crippen LogP contribution in [0.2, 0.25) is 0 Å². The molecule has 0 saturated carbocycles. The van der Waals surface area contributed by atoms with E-state index in [0.717, 1.165) is 31.7 Å². The van der Waals surface area contributed by atoms with Crippen LogP contribution in [-0.2, 0) is 4.74 Å². The van der Waals surface area contributed by atoms with Gasteiger partial charge >= 0.3 is 0 Å². The van der Waals surface area contributed by atoms with Crippen molar-refractivity contribution in [1.82, 2.24) is 4.90 Å². The average Bonchev–Trinajstić information content (AvgIpc) is 2.22. The Morgan fingerprint density at radius 2 is 2.21 bits per heavy atom. The summed E-state index contributed by atoms with van der Waals surface area (Å²) in [4.78, 5) is 2.36. The highest BCUT2D eigenvalue weighted by Crippen LogP contribution is 2.07. The second kappa shape index (κ2) is 8.27. The molecule has 14 heavy (non-hydrogen) atoms. The second-order valence-electron chi connectivity index (χ2n) is 3.60. The number of hydrogen-bond acceptors (Lipinski definition) is 2. The third kappa shape index (κ3) is 5.63. The molecule has 0 aromatic carbocycles. The number of hydrogen-bond donors (Lipinski definition) is 0. The van der Waals surface area contributed by atoms with Crippen LogP contribution in [0.1, 0.15) is 20.3 Å². The summed E-state index contributed by atoms with van der Waals surface area (Å²) in [6, 6.07) is 0.560. The van der Waals surface area contributed by atoms with Crippen molar-refractivity contribution in [2.75, 3.05) is 32.7 Å². The molecule has 1 atom stereocenters. The summed E-state index contributed by atoms with van der Waals surface area (Å²) < 4.78 is 5.08. The lowest BCUT2D eigenvalue weighted by atomic mass is 10.2. The molecule has 0 radical (unpaired) electrons. The predicted octanol–water partition coefficient (Wildman–Crippen LogP) is 2.53. The fourth-order valence-corrected chi connectivity index (χ4v) is 1.34. The minimum absolute atomic E-state index is 0.542. The van der Waals surface area contributed by atoms with Crippen molar-refractivity contribution >= 4 is 11.6 Å². The number of nitrogens with zero attached hydrogens (tertiary/aromatic N) is 1. The van der Waals surface area contributed by atoms with E-state index in [-0.39, 0.29) is 0 Å². The van der Waals surface area contributed by atoms with Gasteiger partial charge < -0.3 is 4.74 Å². The zero-order chi connectivity index (χ0) is 11.0. The highest BCUT2D eigenvalue weighted by atomic mass is 35.5. The molecule has 0 spiro atoms. The summed E-state index contributed by atoms with van der Waals surface area (Å²) in [5.74, 6) is 0.542. The quantitative estimate of drug-likeness (QED) is 0.460. The SMILES string of the molecule is C=C(CCl)CN(CCOC)C(C)CC. The standard InChI is InChI=1S/C11H22ClNO/c1-5-11(3)13(6-7-14-4)9-10(2)8-12/h11H,2,5-9H2,1,3-4H3. The zero-order valence-electron chi connectivity index (χ0n) is 9.55. The van der Waals surface area contributed by atoms with Gasteiger partial charge in [0.2, 0.25) is 0 Å². The first kappa shape index (κ1) is 13.9. The van der Waals surface area contributed by atoms with E-state index in [1.807, 2.05) is 0 Å². The molecule has 0 N–H and O–H groups in total. The van der Waals surface area contributed by atoms with Gasteiger partial charge in [0, 0.05) is 32.1 Å². The molecular weight excluding hydrogens is 198 g/mol. The number of methoxy groups -OCH3 is 1.